The Morgan fingerprint density at radius 2 is 1.90 bits per heavy atom. The van der Waals surface area contributed by atoms with E-state index in [1.165, 1.54) is 0 Å². The minimum Gasteiger partial charge on any atom is -0.481 e. The monoisotopic (exact) mass is 433 g/mol. The molecule has 0 amide bonds. The molecule has 166 valence electrons. The number of hydrogen-bond acceptors (Lipinski definition) is 3. The van der Waals surface area contributed by atoms with E-state index in [0.29, 0.717) is 23.2 Å². The lowest BCUT2D eigenvalue weighted by Crippen LogP contribution is -2.63. The molecule has 5 nitrogen and oxygen atoms in total. The van der Waals surface area contributed by atoms with Gasteiger partial charge in [-0.05, 0) is 79.4 Å². The third-order valence-corrected chi connectivity index (χ3v) is 8.85. The topological polar surface area (TPSA) is 83.5 Å². The number of carboxylic acids is 1. The van der Waals surface area contributed by atoms with Crippen LogP contribution in [0.5, 0.6) is 0 Å². The predicted octanol–water partition coefficient (Wildman–Crippen LogP) is 4.78. The Morgan fingerprint density at radius 3 is 2.50 bits per heavy atom. The Balaban J connectivity index is 1.69. The van der Waals surface area contributed by atoms with Gasteiger partial charge in [0, 0.05) is 12.5 Å². The van der Waals surface area contributed by atoms with E-state index >= 15 is 0 Å². The summed E-state index contributed by atoms with van der Waals surface area (Å²) in [6.45, 7) is 6.58. The number of allylic oxidation sites excluding steroid dienone is 2. The Hall–Kier alpha value is -1.66. The van der Waals surface area contributed by atoms with Crippen molar-refractivity contribution in [3.63, 3.8) is 0 Å². The van der Waals surface area contributed by atoms with Crippen molar-refractivity contribution in [1.82, 2.24) is 4.72 Å². The fourth-order valence-corrected chi connectivity index (χ4v) is 6.58. The van der Waals surface area contributed by atoms with Crippen LogP contribution in [0.3, 0.4) is 0 Å². The number of benzene rings is 1. The number of fused-ring (bicyclic) bond motifs is 2. The maximum atomic E-state index is 13.1. The molecular weight excluding hydrogens is 398 g/mol. The molecule has 4 atom stereocenters. The average molecular weight is 434 g/mol. The standard InChI is InChI=1S/C24H35NO4S/c1-4-17-11-13-20(14-12-17)30(28,29)25-23-18(9-7-5-6-8-10-22(26)27)15-19-16-21(23)24(19,2)3/h5,7,11-14,18-19,21,23,25H,4,6,8-10,15-16H2,1-3H3,(H,26,27)/b7-5+. The zero-order valence-corrected chi connectivity index (χ0v) is 19.1. The van der Waals surface area contributed by atoms with E-state index in [-0.39, 0.29) is 23.8 Å². The molecule has 0 spiro atoms. The molecule has 4 unspecified atom stereocenters. The van der Waals surface area contributed by atoms with Crippen molar-refractivity contribution in [1.29, 1.82) is 0 Å². The van der Waals surface area contributed by atoms with Crippen LogP contribution in [0.2, 0.25) is 0 Å². The van der Waals surface area contributed by atoms with Crippen LogP contribution in [-0.4, -0.2) is 25.5 Å². The lowest BCUT2D eigenvalue weighted by molar-refractivity contribution is -0.137. The second-order valence-electron chi connectivity index (χ2n) is 9.49. The summed E-state index contributed by atoms with van der Waals surface area (Å²) in [4.78, 5) is 11.0. The van der Waals surface area contributed by atoms with E-state index in [1.54, 1.807) is 12.1 Å². The van der Waals surface area contributed by atoms with Crippen LogP contribution in [0.4, 0.5) is 0 Å². The van der Waals surface area contributed by atoms with Gasteiger partial charge in [-0.1, -0.05) is 45.1 Å². The van der Waals surface area contributed by atoms with Gasteiger partial charge >= 0.3 is 5.97 Å². The normalized spacial score (nSPS) is 27.7. The Kier molecular flexibility index (Phi) is 7.08. The van der Waals surface area contributed by atoms with E-state index in [2.05, 4.69) is 31.6 Å². The largest absolute Gasteiger partial charge is 0.481 e. The first-order valence-corrected chi connectivity index (χ1v) is 12.6. The summed E-state index contributed by atoms with van der Waals surface area (Å²) in [6.07, 6.45) is 9.57. The molecule has 2 bridgehead atoms. The third kappa shape index (κ3) is 4.97. The van der Waals surface area contributed by atoms with E-state index in [1.807, 2.05) is 18.2 Å². The number of aryl methyl sites for hydroxylation is 1. The molecule has 3 saturated carbocycles. The zero-order chi connectivity index (χ0) is 21.9. The molecule has 3 aliphatic rings. The van der Waals surface area contributed by atoms with Crippen molar-refractivity contribution in [2.24, 2.45) is 23.2 Å². The second-order valence-corrected chi connectivity index (χ2v) is 11.2. The number of aliphatic carboxylic acids is 1. The highest BCUT2D eigenvalue weighted by molar-refractivity contribution is 7.89. The van der Waals surface area contributed by atoms with Crippen molar-refractivity contribution in [3.05, 3.63) is 42.0 Å². The number of carbonyl (C=O) groups is 1. The van der Waals surface area contributed by atoms with Crippen LogP contribution in [-0.2, 0) is 21.2 Å². The number of nitrogens with one attached hydrogen (secondary N) is 1. The molecule has 30 heavy (non-hydrogen) atoms. The zero-order valence-electron chi connectivity index (χ0n) is 18.3. The van der Waals surface area contributed by atoms with Gasteiger partial charge in [-0.25, -0.2) is 13.1 Å². The van der Waals surface area contributed by atoms with Gasteiger partial charge in [0.25, 0.3) is 0 Å². The van der Waals surface area contributed by atoms with Gasteiger partial charge in [0.2, 0.25) is 10.0 Å². The van der Waals surface area contributed by atoms with Crippen molar-refractivity contribution in [2.45, 2.75) is 76.7 Å². The number of rotatable bonds is 10. The van der Waals surface area contributed by atoms with E-state index < -0.39 is 16.0 Å². The maximum absolute atomic E-state index is 13.1. The van der Waals surface area contributed by atoms with E-state index in [9.17, 15) is 13.2 Å². The summed E-state index contributed by atoms with van der Waals surface area (Å²) in [6, 6.07) is 7.11. The summed E-state index contributed by atoms with van der Waals surface area (Å²) >= 11 is 0. The van der Waals surface area contributed by atoms with Crippen LogP contribution in [0.15, 0.2) is 41.3 Å². The predicted molar refractivity (Wildman–Crippen MR) is 119 cm³/mol. The first-order valence-electron chi connectivity index (χ1n) is 11.1. The van der Waals surface area contributed by atoms with Crippen LogP contribution in [0.1, 0.15) is 64.9 Å². The minimum atomic E-state index is -3.56. The Bertz CT molecular complexity index is 873. The molecule has 0 saturated heterocycles. The number of carboxylic acid groups (broad SMARTS) is 1. The molecule has 0 heterocycles. The minimum absolute atomic E-state index is 0.0653. The number of sulfonamides is 1. The highest BCUT2D eigenvalue weighted by Gasteiger charge is 2.58. The summed E-state index contributed by atoms with van der Waals surface area (Å²) in [5.74, 6) is 0.519. The van der Waals surface area contributed by atoms with Crippen molar-refractivity contribution < 1.29 is 18.3 Å². The highest BCUT2D eigenvalue weighted by Crippen LogP contribution is 2.61. The molecule has 6 heteroatoms. The summed E-state index contributed by atoms with van der Waals surface area (Å²) in [5.41, 5.74) is 1.29. The Labute approximate surface area is 181 Å². The number of hydrogen-bond donors (Lipinski definition) is 2. The summed E-state index contributed by atoms with van der Waals surface area (Å²) in [5, 5.41) is 8.73. The molecule has 4 rings (SSSR count). The molecule has 3 fully saturated rings. The smallest absolute Gasteiger partial charge is 0.303 e. The van der Waals surface area contributed by atoms with Crippen molar-refractivity contribution in [3.8, 4) is 0 Å². The van der Waals surface area contributed by atoms with Gasteiger partial charge in [-0.3, -0.25) is 4.79 Å². The average Bonchev–Trinajstić information content (AvgIpc) is 2.70. The molecule has 1 aromatic carbocycles. The fourth-order valence-electron chi connectivity index (χ4n) is 5.24. The molecule has 0 aliphatic heterocycles. The van der Waals surface area contributed by atoms with Gasteiger partial charge in [-0.2, -0.15) is 0 Å². The first-order chi connectivity index (χ1) is 14.1. The van der Waals surface area contributed by atoms with Gasteiger partial charge in [0.15, 0.2) is 0 Å². The quantitative estimate of drug-likeness (QED) is 0.411. The second kappa shape index (κ2) is 9.23. The SMILES string of the molecule is CCc1ccc(S(=O)(=O)NC2C(C/C=C/CCCC(=O)O)CC3CC2C3(C)C)cc1. The Morgan fingerprint density at radius 1 is 1.20 bits per heavy atom. The van der Waals surface area contributed by atoms with Crippen LogP contribution in [0.25, 0.3) is 0 Å². The number of unbranched alkanes of at least 4 members (excludes halogenated alkanes) is 1. The van der Waals surface area contributed by atoms with Gasteiger partial charge in [-0.15, -0.1) is 0 Å². The first kappa shape index (κ1) is 23.0. The molecule has 2 N–H and O–H groups in total. The van der Waals surface area contributed by atoms with Gasteiger partial charge < -0.3 is 5.11 Å². The van der Waals surface area contributed by atoms with Gasteiger partial charge in [0.05, 0.1) is 4.90 Å². The molecule has 0 aromatic heterocycles. The molecule has 0 radical (unpaired) electrons. The van der Waals surface area contributed by atoms with E-state index in [0.717, 1.165) is 37.7 Å². The highest BCUT2D eigenvalue weighted by atomic mass is 32.2. The third-order valence-electron chi connectivity index (χ3n) is 7.38. The maximum Gasteiger partial charge on any atom is 0.303 e. The van der Waals surface area contributed by atoms with Crippen LogP contribution in [0, 0.1) is 23.2 Å². The lowest BCUT2D eigenvalue weighted by atomic mass is 9.45. The van der Waals surface area contributed by atoms with E-state index in [4.69, 9.17) is 5.11 Å². The van der Waals surface area contributed by atoms with Crippen LogP contribution < -0.4 is 4.72 Å². The molecule has 3 aliphatic carbocycles. The van der Waals surface area contributed by atoms with Gasteiger partial charge in [0.1, 0.15) is 0 Å². The van der Waals surface area contributed by atoms with Crippen molar-refractivity contribution >= 4 is 16.0 Å². The summed E-state index contributed by atoms with van der Waals surface area (Å²) < 4.78 is 29.3. The lowest BCUT2D eigenvalue weighted by Gasteiger charge is -2.62. The fraction of sp³-hybridized carbons (Fsp3) is 0.625. The molecular formula is C24H35NO4S. The van der Waals surface area contributed by atoms with Crippen LogP contribution >= 0.6 is 0 Å². The summed E-state index contributed by atoms with van der Waals surface area (Å²) in [7, 11) is -3.56. The molecule has 1 aromatic rings. The van der Waals surface area contributed by atoms with Crippen molar-refractivity contribution in [2.75, 3.05) is 0 Å².